The van der Waals surface area contributed by atoms with Gasteiger partial charge in [0.25, 0.3) is 0 Å². The van der Waals surface area contributed by atoms with E-state index in [0.29, 0.717) is 0 Å². The van der Waals surface area contributed by atoms with Gasteiger partial charge in [-0.05, 0) is 31.2 Å². The molecule has 1 aliphatic rings. The molecule has 2 rings (SSSR count). The van der Waals surface area contributed by atoms with Gasteiger partial charge in [0.1, 0.15) is 5.82 Å². The summed E-state index contributed by atoms with van der Waals surface area (Å²) in [6, 6.07) is 6.69. The van der Waals surface area contributed by atoms with Crippen LogP contribution in [0.5, 0.6) is 0 Å². The molecule has 0 saturated carbocycles. The number of hydrogen-bond donors (Lipinski definition) is 2. The lowest BCUT2D eigenvalue weighted by atomic mass is 10.2. The van der Waals surface area contributed by atoms with Crippen LogP contribution in [0.2, 0.25) is 0 Å². The van der Waals surface area contributed by atoms with Crippen molar-refractivity contribution in [2.24, 2.45) is 0 Å². The van der Waals surface area contributed by atoms with Crippen LogP contribution in [-0.2, 0) is 0 Å². The van der Waals surface area contributed by atoms with Gasteiger partial charge in [0.15, 0.2) is 0 Å². The number of rotatable bonds is 2. The standard InChI is InChI=1S/C12H17FN2O/c13-10-3-1-4-12(7-10)15-6-2-5-14-11(8-15)9-16/h1,3-4,7,11,14,16H,2,5-6,8-9H2. The number of benzene rings is 1. The maximum Gasteiger partial charge on any atom is 0.125 e. The number of nitrogens with zero attached hydrogens (tertiary/aromatic N) is 1. The summed E-state index contributed by atoms with van der Waals surface area (Å²) < 4.78 is 13.1. The molecule has 1 unspecified atom stereocenters. The van der Waals surface area contributed by atoms with Crippen LogP contribution in [0.15, 0.2) is 24.3 Å². The molecule has 4 heteroatoms. The maximum absolute atomic E-state index is 13.1. The minimum absolute atomic E-state index is 0.0748. The number of anilines is 1. The lowest BCUT2D eigenvalue weighted by molar-refractivity contribution is 0.248. The largest absolute Gasteiger partial charge is 0.395 e. The molecule has 0 bridgehead atoms. The van der Waals surface area contributed by atoms with Gasteiger partial charge in [0.05, 0.1) is 6.61 Å². The highest BCUT2D eigenvalue weighted by Crippen LogP contribution is 2.17. The smallest absolute Gasteiger partial charge is 0.125 e. The fourth-order valence-corrected chi connectivity index (χ4v) is 2.03. The first-order valence-electron chi connectivity index (χ1n) is 5.64. The highest BCUT2D eigenvalue weighted by atomic mass is 19.1. The summed E-state index contributed by atoms with van der Waals surface area (Å²) in [7, 11) is 0. The zero-order chi connectivity index (χ0) is 11.4. The number of hydrogen-bond acceptors (Lipinski definition) is 3. The molecule has 1 aromatic carbocycles. The van der Waals surface area contributed by atoms with E-state index in [1.165, 1.54) is 6.07 Å². The Morgan fingerprint density at radius 2 is 2.38 bits per heavy atom. The molecular formula is C12H17FN2O. The van der Waals surface area contributed by atoms with E-state index in [1.54, 1.807) is 12.1 Å². The molecule has 1 heterocycles. The minimum Gasteiger partial charge on any atom is -0.395 e. The van der Waals surface area contributed by atoms with Gasteiger partial charge >= 0.3 is 0 Å². The van der Waals surface area contributed by atoms with Gasteiger partial charge < -0.3 is 15.3 Å². The van der Waals surface area contributed by atoms with Crippen molar-refractivity contribution in [3.05, 3.63) is 30.1 Å². The van der Waals surface area contributed by atoms with Crippen molar-refractivity contribution in [1.29, 1.82) is 0 Å². The summed E-state index contributed by atoms with van der Waals surface area (Å²) in [6.07, 6.45) is 1.01. The van der Waals surface area contributed by atoms with Crippen LogP contribution in [0.1, 0.15) is 6.42 Å². The van der Waals surface area contributed by atoms with E-state index in [9.17, 15) is 9.50 Å². The first-order valence-corrected chi connectivity index (χ1v) is 5.64. The number of halogens is 1. The topological polar surface area (TPSA) is 35.5 Å². The molecule has 0 spiro atoms. The Hall–Kier alpha value is -1.13. The second-order valence-electron chi connectivity index (χ2n) is 4.11. The van der Waals surface area contributed by atoms with Gasteiger partial charge in [-0.15, -0.1) is 0 Å². The molecular weight excluding hydrogens is 207 g/mol. The van der Waals surface area contributed by atoms with Crippen LogP contribution in [0.4, 0.5) is 10.1 Å². The molecule has 1 atom stereocenters. The van der Waals surface area contributed by atoms with Crippen molar-refractivity contribution in [2.75, 3.05) is 31.1 Å². The van der Waals surface area contributed by atoms with Crippen molar-refractivity contribution >= 4 is 5.69 Å². The highest BCUT2D eigenvalue weighted by Gasteiger charge is 2.17. The normalized spacial score (nSPS) is 21.9. The summed E-state index contributed by atoms with van der Waals surface area (Å²) in [5.41, 5.74) is 0.891. The predicted octanol–water partition coefficient (Wildman–Crippen LogP) is 0.986. The average molecular weight is 224 g/mol. The molecule has 0 aliphatic carbocycles. The van der Waals surface area contributed by atoms with Crippen LogP contribution in [-0.4, -0.2) is 37.4 Å². The van der Waals surface area contributed by atoms with E-state index in [0.717, 1.165) is 31.7 Å². The third-order valence-electron chi connectivity index (χ3n) is 2.87. The fourth-order valence-electron chi connectivity index (χ4n) is 2.03. The van der Waals surface area contributed by atoms with Crippen molar-refractivity contribution < 1.29 is 9.50 Å². The van der Waals surface area contributed by atoms with Crippen molar-refractivity contribution in [3.63, 3.8) is 0 Å². The van der Waals surface area contributed by atoms with Crippen LogP contribution >= 0.6 is 0 Å². The van der Waals surface area contributed by atoms with E-state index in [2.05, 4.69) is 10.2 Å². The first-order chi connectivity index (χ1) is 7.79. The molecule has 0 aromatic heterocycles. The molecule has 1 fully saturated rings. The summed E-state index contributed by atoms with van der Waals surface area (Å²) in [4.78, 5) is 2.12. The summed E-state index contributed by atoms with van der Waals surface area (Å²) in [5.74, 6) is -0.213. The lowest BCUT2D eigenvalue weighted by Gasteiger charge is -2.25. The summed E-state index contributed by atoms with van der Waals surface area (Å²) >= 11 is 0. The Morgan fingerprint density at radius 1 is 1.50 bits per heavy atom. The van der Waals surface area contributed by atoms with E-state index in [1.807, 2.05) is 6.07 Å². The zero-order valence-corrected chi connectivity index (χ0v) is 9.19. The molecule has 3 nitrogen and oxygen atoms in total. The van der Waals surface area contributed by atoms with Crippen LogP contribution in [0.3, 0.4) is 0 Å². The van der Waals surface area contributed by atoms with Crippen LogP contribution < -0.4 is 10.2 Å². The SMILES string of the molecule is OCC1CN(c2cccc(F)c2)CCCN1. The molecule has 16 heavy (non-hydrogen) atoms. The molecule has 2 N–H and O–H groups in total. The van der Waals surface area contributed by atoms with E-state index in [4.69, 9.17) is 0 Å². The van der Waals surface area contributed by atoms with Gasteiger partial charge in [-0.25, -0.2) is 4.39 Å². The third kappa shape index (κ3) is 2.71. The van der Waals surface area contributed by atoms with Gasteiger partial charge in [0, 0.05) is 24.8 Å². The Labute approximate surface area is 94.9 Å². The van der Waals surface area contributed by atoms with E-state index >= 15 is 0 Å². The van der Waals surface area contributed by atoms with Gasteiger partial charge in [-0.1, -0.05) is 6.07 Å². The number of aliphatic hydroxyl groups is 1. The molecule has 1 saturated heterocycles. The number of aliphatic hydroxyl groups excluding tert-OH is 1. The maximum atomic E-state index is 13.1. The lowest BCUT2D eigenvalue weighted by Crippen LogP contribution is -2.40. The molecule has 0 radical (unpaired) electrons. The van der Waals surface area contributed by atoms with Crippen LogP contribution in [0, 0.1) is 5.82 Å². The minimum atomic E-state index is -0.213. The average Bonchev–Trinajstić information content (AvgIpc) is 2.54. The van der Waals surface area contributed by atoms with Crippen LogP contribution in [0.25, 0.3) is 0 Å². The second-order valence-corrected chi connectivity index (χ2v) is 4.11. The number of nitrogens with one attached hydrogen (secondary N) is 1. The Morgan fingerprint density at radius 3 is 3.12 bits per heavy atom. The first kappa shape index (κ1) is 11.4. The Bertz CT molecular complexity index is 346. The van der Waals surface area contributed by atoms with E-state index < -0.39 is 0 Å². The fraction of sp³-hybridized carbons (Fsp3) is 0.500. The molecule has 88 valence electrons. The third-order valence-corrected chi connectivity index (χ3v) is 2.87. The Kier molecular flexibility index (Phi) is 3.74. The highest BCUT2D eigenvalue weighted by molar-refractivity contribution is 5.46. The van der Waals surface area contributed by atoms with Crippen molar-refractivity contribution in [1.82, 2.24) is 5.32 Å². The van der Waals surface area contributed by atoms with Gasteiger partial charge in [0.2, 0.25) is 0 Å². The molecule has 1 aromatic rings. The summed E-state index contributed by atoms with van der Waals surface area (Å²) in [5, 5.41) is 12.4. The van der Waals surface area contributed by atoms with Crippen molar-refractivity contribution in [3.8, 4) is 0 Å². The van der Waals surface area contributed by atoms with Crippen molar-refractivity contribution in [2.45, 2.75) is 12.5 Å². The molecule has 1 aliphatic heterocycles. The second kappa shape index (κ2) is 5.27. The summed E-state index contributed by atoms with van der Waals surface area (Å²) in [6.45, 7) is 2.63. The zero-order valence-electron chi connectivity index (χ0n) is 9.19. The predicted molar refractivity (Wildman–Crippen MR) is 62.1 cm³/mol. The van der Waals surface area contributed by atoms with E-state index in [-0.39, 0.29) is 18.5 Å². The molecule has 0 amide bonds. The van der Waals surface area contributed by atoms with Gasteiger partial charge in [-0.3, -0.25) is 0 Å². The quantitative estimate of drug-likeness (QED) is 0.786. The monoisotopic (exact) mass is 224 g/mol. The van der Waals surface area contributed by atoms with Gasteiger partial charge in [-0.2, -0.15) is 0 Å². The Balaban J connectivity index is 2.12.